The number of diazo groups is 1. The molecule has 1 rings (SSSR count). The van der Waals surface area contributed by atoms with Gasteiger partial charge in [-0.1, -0.05) is 0 Å². The Morgan fingerprint density at radius 3 is 2.08 bits per heavy atom. The minimum absolute atomic E-state index is 0.479. The lowest BCUT2D eigenvalue weighted by Gasteiger charge is -1.94. The third-order valence-electron chi connectivity index (χ3n) is 0.807. The SMILES string of the molecule is Cn1cc([N+]#N)cn1.F[B-](F)(F)F. The van der Waals surface area contributed by atoms with Crippen LogP contribution in [0.4, 0.5) is 23.0 Å². The molecular weight excluding hydrogens is 191 g/mol. The summed E-state index contributed by atoms with van der Waals surface area (Å²) >= 11 is 0. The molecule has 13 heavy (non-hydrogen) atoms. The van der Waals surface area contributed by atoms with Gasteiger partial charge in [0, 0.05) is 7.05 Å². The normalized spacial score (nSPS) is 9.85. The van der Waals surface area contributed by atoms with Crippen LogP contribution in [0.2, 0.25) is 0 Å². The van der Waals surface area contributed by atoms with Crippen LogP contribution in [-0.2, 0) is 7.05 Å². The second-order valence-corrected chi connectivity index (χ2v) is 1.97. The van der Waals surface area contributed by atoms with Crippen LogP contribution in [0.15, 0.2) is 12.4 Å². The van der Waals surface area contributed by atoms with E-state index in [1.54, 1.807) is 17.9 Å². The summed E-state index contributed by atoms with van der Waals surface area (Å²) in [4.78, 5) is 2.91. The monoisotopic (exact) mass is 196 g/mol. The number of halogens is 4. The second kappa shape index (κ2) is 4.44. The lowest BCUT2D eigenvalue weighted by atomic mass is 10.3. The minimum atomic E-state index is -6.00. The van der Waals surface area contributed by atoms with Crippen LogP contribution in [0.1, 0.15) is 0 Å². The largest absolute Gasteiger partial charge is 0.673 e. The number of aryl methyl sites for hydroxylation is 1. The van der Waals surface area contributed by atoms with E-state index >= 15 is 0 Å². The fraction of sp³-hybridized carbons (Fsp3) is 0.250. The van der Waals surface area contributed by atoms with Gasteiger partial charge >= 0.3 is 12.9 Å². The van der Waals surface area contributed by atoms with Gasteiger partial charge in [0.05, 0.1) is 0 Å². The van der Waals surface area contributed by atoms with Crippen LogP contribution >= 0.6 is 0 Å². The molecule has 1 aromatic heterocycles. The van der Waals surface area contributed by atoms with E-state index in [2.05, 4.69) is 10.1 Å². The first-order valence-corrected chi connectivity index (χ1v) is 3.04. The lowest BCUT2D eigenvalue weighted by molar-refractivity contribution is 0.368. The highest BCUT2D eigenvalue weighted by Gasteiger charge is 2.20. The highest BCUT2D eigenvalue weighted by molar-refractivity contribution is 6.50. The Balaban J connectivity index is 0.000000252. The molecule has 0 spiro atoms. The summed E-state index contributed by atoms with van der Waals surface area (Å²) < 4.78 is 40.6. The molecule has 0 atom stereocenters. The molecule has 4 nitrogen and oxygen atoms in total. The first-order chi connectivity index (χ1) is 5.83. The highest BCUT2D eigenvalue weighted by atomic mass is 19.5. The van der Waals surface area contributed by atoms with Gasteiger partial charge in [0.25, 0.3) is 0 Å². The predicted molar refractivity (Wildman–Crippen MR) is 38.1 cm³/mol. The fourth-order valence-electron chi connectivity index (χ4n) is 0.460. The quantitative estimate of drug-likeness (QED) is 0.362. The summed E-state index contributed by atoms with van der Waals surface area (Å²) in [5.74, 6) is 0. The molecule has 0 unspecified atom stereocenters. The zero-order valence-corrected chi connectivity index (χ0v) is 6.53. The van der Waals surface area contributed by atoms with Gasteiger partial charge in [-0.2, -0.15) is 5.10 Å². The van der Waals surface area contributed by atoms with Crippen molar-refractivity contribution in [2.24, 2.45) is 7.05 Å². The number of aromatic nitrogens is 2. The van der Waals surface area contributed by atoms with Crippen molar-refractivity contribution in [2.45, 2.75) is 0 Å². The molecule has 0 aliphatic rings. The molecule has 0 fully saturated rings. The van der Waals surface area contributed by atoms with Gasteiger partial charge in [-0.05, 0) is 0 Å². The van der Waals surface area contributed by atoms with Crippen LogP contribution in [-0.4, -0.2) is 17.0 Å². The van der Waals surface area contributed by atoms with E-state index in [1.807, 2.05) is 0 Å². The average molecular weight is 196 g/mol. The Morgan fingerprint density at radius 1 is 1.46 bits per heavy atom. The zero-order valence-electron chi connectivity index (χ0n) is 6.53. The van der Waals surface area contributed by atoms with Crippen molar-refractivity contribution in [1.82, 2.24) is 9.78 Å². The fourth-order valence-corrected chi connectivity index (χ4v) is 0.460. The average Bonchev–Trinajstić information content (AvgIpc) is 2.31. The molecule has 1 heterocycles. The van der Waals surface area contributed by atoms with Crippen molar-refractivity contribution in [3.05, 3.63) is 17.4 Å². The lowest BCUT2D eigenvalue weighted by Crippen LogP contribution is -2.02. The van der Waals surface area contributed by atoms with E-state index in [0.717, 1.165) is 0 Å². The molecule has 0 amide bonds. The Morgan fingerprint density at radius 2 is 1.92 bits per heavy atom. The number of hydrogen-bond acceptors (Lipinski definition) is 2. The van der Waals surface area contributed by atoms with Crippen molar-refractivity contribution >= 4 is 12.9 Å². The number of hydrogen-bond donors (Lipinski definition) is 0. The van der Waals surface area contributed by atoms with E-state index in [4.69, 9.17) is 5.39 Å². The van der Waals surface area contributed by atoms with Crippen LogP contribution < -0.4 is 0 Å². The van der Waals surface area contributed by atoms with Crippen molar-refractivity contribution in [2.75, 3.05) is 0 Å². The molecule has 0 saturated heterocycles. The van der Waals surface area contributed by atoms with E-state index in [9.17, 15) is 17.3 Å². The van der Waals surface area contributed by atoms with Crippen LogP contribution in [0, 0.1) is 5.39 Å². The molecule has 72 valence electrons. The van der Waals surface area contributed by atoms with Gasteiger partial charge < -0.3 is 17.3 Å². The summed E-state index contributed by atoms with van der Waals surface area (Å²) in [6.45, 7) is 0. The number of nitrogens with zero attached hydrogens (tertiary/aromatic N) is 4. The molecule has 0 aromatic carbocycles. The zero-order chi connectivity index (χ0) is 10.5. The maximum Gasteiger partial charge on any atom is 0.673 e. The first-order valence-electron chi connectivity index (χ1n) is 3.04. The van der Waals surface area contributed by atoms with Gasteiger partial charge in [0.15, 0.2) is 4.98 Å². The number of rotatable bonds is 0. The molecule has 0 bridgehead atoms. The Hall–Kier alpha value is -1.59. The van der Waals surface area contributed by atoms with Crippen LogP contribution in [0.5, 0.6) is 0 Å². The van der Waals surface area contributed by atoms with E-state index in [1.165, 1.54) is 6.20 Å². The van der Waals surface area contributed by atoms with Gasteiger partial charge in [-0.3, -0.25) is 4.68 Å². The van der Waals surface area contributed by atoms with Gasteiger partial charge in [-0.25, -0.2) is 0 Å². The Labute approximate surface area is 70.9 Å². The third kappa shape index (κ3) is 8.32. The summed E-state index contributed by atoms with van der Waals surface area (Å²) in [7, 11) is -4.24. The summed E-state index contributed by atoms with van der Waals surface area (Å²) in [5.41, 5.74) is 0.479. The predicted octanol–water partition coefficient (Wildman–Crippen LogP) is 2.20. The summed E-state index contributed by atoms with van der Waals surface area (Å²) in [5, 5.41) is 11.9. The van der Waals surface area contributed by atoms with Gasteiger partial charge in [0.2, 0.25) is 5.39 Å². The Bertz CT molecular complexity index is 294. The van der Waals surface area contributed by atoms with Crippen LogP contribution in [0.25, 0.3) is 4.98 Å². The topological polar surface area (TPSA) is 46.0 Å². The summed E-state index contributed by atoms with van der Waals surface area (Å²) in [6, 6.07) is 0. The second-order valence-electron chi connectivity index (χ2n) is 1.97. The molecule has 0 aliphatic carbocycles. The van der Waals surface area contributed by atoms with Gasteiger partial charge in [-0.15, -0.1) is 0 Å². The standard InChI is InChI=1S/C4H5N4.BF4/c1-8-3-4(7-5)2-6-8;2-1(3,4)5/h2-3H,1H3;/q+1;-1. The molecule has 9 heteroatoms. The van der Waals surface area contributed by atoms with E-state index in [-0.39, 0.29) is 0 Å². The van der Waals surface area contributed by atoms with Crippen molar-refractivity contribution in [3.8, 4) is 0 Å². The molecular formula is C4H5BF4N4. The maximum atomic E-state index is 9.75. The van der Waals surface area contributed by atoms with Crippen LogP contribution in [0.3, 0.4) is 0 Å². The Kier molecular flexibility index (Phi) is 3.90. The van der Waals surface area contributed by atoms with Gasteiger partial charge in [0.1, 0.15) is 12.4 Å². The maximum absolute atomic E-state index is 9.75. The first kappa shape index (κ1) is 11.4. The minimum Gasteiger partial charge on any atom is -0.418 e. The molecule has 0 N–H and O–H groups in total. The smallest absolute Gasteiger partial charge is 0.418 e. The summed E-state index contributed by atoms with van der Waals surface area (Å²) in [6.07, 6.45) is 3.08. The molecule has 0 radical (unpaired) electrons. The highest BCUT2D eigenvalue weighted by Crippen LogP contribution is 2.06. The van der Waals surface area contributed by atoms with Crippen molar-refractivity contribution in [1.29, 1.82) is 5.39 Å². The van der Waals surface area contributed by atoms with Crippen molar-refractivity contribution < 1.29 is 17.3 Å². The molecule has 1 aromatic rings. The van der Waals surface area contributed by atoms with E-state index in [0.29, 0.717) is 5.69 Å². The van der Waals surface area contributed by atoms with E-state index < -0.39 is 7.25 Å². The van der Waals surface area contributed by atoms with Crippen molar-refractivity contribution in [3.63, 3.8) is 0 Å². The molecule has 0 saturated carbocycles. The molecule has 0 aliphatic heterocycles. The third-order valence-corrected chi connectivity index (χ3v) is 0.807.